The van der Waals surface area contributed by atoms with E-state index >= 15 is 0 Å². The first-order valence-electron chi connectivity index (χ1n) is 8.24. The van der Waals surface area contributed by atoms with Gasteiger partial charge in [0, 0.05) is 23.8 Å². The highest BCUT2D eigenvalue weighted by Gasteiger charge is 2.26. The zero-order chi connectivity index (χ0) is 17.8. The highest BCUT2D eigenvalue weighted by Crippen LogP contribution is 2.27. The fourth-order valence-electron chi connectivity index (χ4n) is 3.10. The number of piperidine rings is 1. The summed E-state index contributed by atoms with van der Waals surface area (Å²) in [4.78, 5) is 14.9. The van der Waals surface area contributed by atoms with Crippen LogP contribution in [0.1, 0.15) is 18.4 Å². The third kappa shape index (κ3) is 4.89. The van der Waals surface area contributed by atoms with Gasteiger partial charge < -0.3 is 5.32 Å². The molecule has 3 nitrogen and oxygen atoms in total. The molecule has 1 aliphatic heterocycles. The summed E-state index contributed by atoms with van der Waals surface area (Å²) < 4.78 is 0. The number of carbonyl (C=O) groups is 1. The molecule has 1 amide bonds. The molecule has 25 heavy (non-hydrogen) atoms. The molecule has 1 aliphatic rings. The Hall–Kier alpha value is -1.26. The van der Waals surface area contributed by atoms with Gasteiger partial charge in [-0.2, -0.15) is 0 Å². The second kappa shape index (κ2) is 8.41. The molecule has 0 saturated carbocycles. The van der Waals surface area contributed by atoms with Crippen LogP contribution in [0.5, 0.6) is 0 Å². The third-order valence-corrected chi connectivity index (χ3v) is 5.52. The van der Waals surface area contributed by atoms with Gasteiger partial charge in [-0.05, 0) is 49.2 Å². The molecule has 0 bridgehead atoms. The topological polar surface area (TPSA) is 32.3 Å². The predicted molar refractivity (Wildman–Crippen MR) is 105 cm³/mol. The summed E-state index contributed by atoms with van der Waals surface area (Å²) in [6.07, 6.45) is 1.87. The van der Waals surface area contributed by atoms with Gasteiger partial charge in [0.2, 0.25) is 5.91 Å². The quantitative estimate of drug-likeness (QED) is 0.739. The number of amides is 1. The average Bonchev–Trinajstić information content (AvgIpc) is 2.60. The number of benzene rings is 2. The lowest BCUT2D eigenvalue weighted by Gasteiger charge is -2.32. The summed E-state index contributed by atoms with van der Waals surface area (Å²) >= 11 is 18.2. The highest BCUT2D eigenvalue weighted by atomic mass is 35.5. The predicted octanol–water partition coefficient (Wildman–Crippen LogP) is 5.50. The van der Waals surface area contributed by atoms with Gasteiger partial charge >= 0.3 is 0 Å². The van der Waals surface area contributed by atoms with E-state index < -0.39 is 0 Å². The maximum absolute atomic E-state index is 12.6. The fraction of sp³-hybridized carbons (Fsp3) is 0.316. The molecule has 0 aliphatic carbocycles. The van der Waals surface area contributed by atoms with Crippen molar-refractivity contribution >= 4 is 46.4 Å². The van der Waals surface area contributed by atoms with Gasteiger partial charge in [-0.3, -0.25) is 9.69 Å². The van der Waals surface area contributed by atoms with E-state index in [4.69, 9.17) is 34.8 Å². The number of hydrogen-bond acceptors (Lipinski definition) is 2. The maximum Gasteiger partial charge on any atom is 0.228 e. The zero-order valence-electron chi connectivity index (χ0n) is 13.6. The van der Waals surface area contributed by atoms with Gasteiger partial charge in [0.15, 0.2) is 0 Å². The van der Waals surface area contributed by atoms with E-state index in [1.165, 1.54) is 0 Å². The SMILES string of the molecule is O=C(Nc1ccc(Cl)c(Cl)c1)[C@@H]1CCCN(Cc2ccccc2Cl)C1. The van der Waals surface area contributed by atoms with E-state index in [1.54, 1.807) is 18.2 Å². The van der Waals surface area contributed by atoms with Crippen molar-refractivity contribution in [2.75, 3.05) is 18.4 Å². The van der Waals surface area contributed by atoms with Crippen molar-refractivity contribution in [3.63, 3.8) is 0 Å². The van der Waals surface area contributed by atoms with E-state index in [1.807, 2.05) is 24.3 Å². The summed E-state index contributed by atoms with van der Waals surface area (Å²) in [5, 5.41) is 4.62. The Morgan fingerprint density at radius 2 is 1.88 bits per heavy atom. The molecule has 1 saturated heterocycles. The van der Waals surface area contributed by atoms with Crippen molar-refractivity contribution in [2.24, 2.45) is 5.92 Å². The molecule has 0 spiro atoms. The Morgan fingerprint density at radius 3 is 2.64 bits per heavy atom. The Bertz CT molecular complexity index is 766. The van der Waals surface area contributed by atoms with Crippen LogP contribution in [0.2, 0.25) is 15.1 Å². The lowest BCUT2D eigenvalue weighted by molar-refractivity contribution is -0.121. The Morgan fingerprint density at radius 1 is 1.08 bits per heavy atom. The van der Waals surface area contributed by atoms with Crippen molar-refractivity contribution in [1.29, 1.82) is 0 Å². The van der Waals surface area contributed by atoms with Crippen LogP contribution in [0.3, 0.4) is 0 Å². The molecule has 6 heteroatoms. The Kier molecular flexibility index (Phi) is 6.24. The summed E-state index contributed by atoms with van der Waals surface area (Å²) in [6, 6.07) is 13.0. The zero-order valence-corrected chi connectivity index (χ0v) is 15.9. The first kappa shape index (κ1) is 18.5. The molecular formula is C19H19Cl3N2O. The Balaban J connectivity index is 1.61. The molecule has 0 unspecified atom stereocenters. The highest BCUT2D eigenvalue weighted by molar-refractivity contribution is 6.42. The molecule has 132 valence electrons. The summed E-state index contributed by atoms with van der Waals surface area (Å²) in [7, 11) is 0. The second-order valence-electron chi connectivity index (χ2n) is 6.28. The van der Waals surface area contributed by atoms with Crippen LogP contribution in [0.25, 0.3) is 0 Å². The number of anilines is 1. The average molecular weight is 398 g/mol. The van der Waals surface area contributed by atoms with Gasteiger partial charge in [-0.25, -0.2) is 0 Å². The third-order valence-electron chi connectivity index (χ3n) is 4.42. The van der Waals surface area contributed by atoms with Gasteiger partial charge in [-0.15, -0.1) is 0 Å². The summed E-state index contributed by atoms with van der Waals surface area (Å²) in [5.74, 6) is -0.0343. The smallest absolute Gasteiger partial charge is 0.228 e. The van der Waals surface area contributed by atoms with Crippen molar-refractivity contribution in [3.05, 3.63) is 63.1 Å². The molecule has 0 aromatic heterocycles. The number of hydrogen-bond donors (Lipinski definition) is 1. The molecule has 1 N–H and O–H groups in total. The molecule has 3 rings (SSSR count). The van der Waals surface area contributed by atoms with Crippen LogP contribution in [-0.2, 0) is 11.3 Å². The van der Waals surface area contributed by atoms with E-state index in [9.17, 15) is 4.79 Å². The van der Waals surface area contributed by atoms with Crippen LogP contribution in [0.15, 0.2) is 42.5 Å². The molecule has 1 atom stereocenters. The lowest BCUT2D eigenvalue weighted by Crippen LogP contribution is -2.40. The van der Waals surface area contributed by atoms with E-state index in [2.05, 4.69) is 10.2 Å². The maximum atomic E-state index is 12.6. The first-order chi connectivity index (χ1) is 12.0. The normalized spacial score (nSPS) is 18.1. The van der Waals surface area contributed by atoms with Gasteiger partial charge in [0.25, 0.3) is 0 Å². The van der Waals surface area contributed by atoms with Crippen LogP contribution in [0, 0.1) is 5.92 Å². The second-order valence-corrected chi connectivity index (χ2v) is 7.51. The first-order valence-corrected chi connectivity index (χ1v) is 9.38. The summed E-state index contributed by atoms with van der Waals surface area (Å²) in [6.45, 7) is 2.45. The number of likely N-dealkylation sites (tertiary alicyclic amines) is 1. The van der Waals surface area contributed by atoms with Crippen LogP contribution < -0.4 is 5.32 Å². The van der Waals surface area contributed by atoms with Crippen molar-refractivity contribution < 1.29 is 4.79 Å². The number of rotatable bonds is 4. The van der Waals surface area contributed by atoms with E-state index in [0.29, 0.717) is 15.7 Å². The van der Waals surface area contributed by atoms with Crippen LogP contribution in [-0.4, -0.2) is 23.9 Å². The van der Waals surface area contributed by atoms with Crippen molar-refractivity contribution in [3.8, 4) is 0 Å². The number of nitrogens with one attached hydrogen (secondary N) is 1. The summed E-state index contributed by atoms with van der Waals surface area (Å²) in [5.41, 5.74) is 1.76. The molecule has 1 fully saturated rings. The van der Waals surface area contributed by atoms with Crippen molar-refractivity contribution in [2.45, 2.75) is 19.4 Å². The lowest BCUT2D eigenvalue weighted by atomic mass is 9.96. The monoisotopic (exact) mass is 396 g/mol. The van der Waals surface area contributed by atoms with Gasteiger partial charge in [-0.1, -0.05) is 53.0 Å². The van der Waals surface area contributed by atoms with E-state index in [-0.39, 0.29) is 11.8 Å². The van der Waals surface area contributed by atoms with E-state index in [0.717, 1.165) is 43.1 Å². The number of halogens is 3. The molecule has 1 heterocycles. The van der Waals surface area contributed by atoms with Crippen molar-refractivity contribution in [1.82, 2.24) is 4.90 Å². The molecule has 2 aromatic carbocycles. The van der Waals surface area contributed by atoms with Gasteiger partial charge in [0.1, 0.15) is 0 Å². The minimum atomic E-state index is -0.0503. The minimum absolute atomic E-state index is 0.0160. The molecule has 2 aromatic rings. The largest absolute Gasteiger partial charge is 0.326 e. The molecular weight excluding hydrogens is 379 g/mol. The molecule has 0 radical (unpaired) electrons. The number of nitrogens with zero attached hydrogens (tertiary/aromatic N) is 1. The van der Waals surface area contributed by atoms with Crippen LogP contribution in [0.4, 0.5) is 5.69 Å². The fourth-order valence-corrected chi connectivity index (χ4v) is 3.59. The van der Waals surface area contributed by atoms with Gasteiger partial charge in [0.05, 0.1) is 16.0 Å². The minimum Gasteiger partial charge on any atom is -0.326 e. The standard InChI is InChI=1S/C19H19Cl3N2O/c20-16-6-2-1-4-13(16)11-24-9-3-5-14(12-24)19(25)23-15-7-8-17(21)18(22)10-15/h1-2,4,6-8,10,14H,3,5,9,11-12H2,(H,23,25)/t14-/m1/s1. The Labute approximate surface area is 162 Å². The number of carbonyl (C=O) groups excluding carboxylic acids is 1. The van der Waals surface area contributed by atoms with Crippen LogP contribution >= 0.6 is 34.8 Å².